The molecular weight excluding hydrogens is 350 g/mol. The molecule has 1 aromatic heterocycles. The van der Waals surface area contributed by atoms with E-state index in [2.05, 4.69) is 35.8 Å². The molecule has 0 bridgehead atoms. The van der Waals surface area contributed by atoms with Crippen molar-refractivity contribution in [2.75, 3.05) is 0 Å². The number of sulfonamides is 1. The number of amides is 1. The lowest BCUT2D eigenvalue weighted by Gasteiger charge is -2.19. The van der Waals surface area contributed by atoms with Crippen molar-refractivity contribution >= 4 is 15.9 Å². The zero-order chi connectivity index (χ0) is 19.4. The molecule has 0 aliphatic heterocycles. The summed E-state index contributed by atoms with van der Waals surface area (Å²) >= 11 is 0. The van der Waals surface area contributed by atoms with Crippen LogP contribution in [0.15, 0.2) is 53.7 Å². The number of nitrogens with zero attached hydrogens (tertiary/aromatic N) is 1. The zero-order valence-corrected chi connectivity index (χ0v) is 16.3. The molecule has 0 aliphatic carbocycles. The second-order valence-corrected chi connectivity index (χ2v) is 8.91. The van der Waals surface area contributed by atoms with E-state index in [0.717, 1.165) is 11.1 Å². The van der Waals surface area contributed by atoms with Crippen LogP contribution < -0.4 is 10.0 Å². The summed E-state index contributed by atoms with van der Waals surface area (Å²) in [6.07, 6.45) is 3.29. The van der Waals surface area contributed by atoms with E-state index in [-0.39, 0.29) is 10.3 Å². The molecule has 26 heavy (non-hydrogen) atoms. The van der Waals surface area contributed by atoms with Gasteiger partial charge in [0.2, 0.25) is 15.9 Å². The van der Waals surface area contributed by atoms with Crippen LogP contribution in [0, 0.1) is 0 Å². The third-order valence-corrected chi connectivity index (χ3v) is 5.50. The summed E-state index contributed by atoms with van der Waals surface area (Å²) in [5.41, 5.74) is 1.82. The van der Waals surface area contributed by atoms with E-state index in [9.17, 15) is 13.2 Å². The van der Waals surface area contributed by atoms with E-state index in [4.69, 9.17) is 0 Å². The molecular formula is C19H25N3O3S. The van der Waals surface area contributed by atoms with Gasteiger partial charge in [-0.05, 0) is 41.7 Å². The van der Waals surface area contributed by atoms with Gasteiger partial charge in [-0.15, -0.1) is 0 Å². The normalized spacial score (nSPS) is 13.2. The lowest BCUT2D eigenvalue weighted by atomic mass is 9.87. The zero-order valence-electron chi connectivity index (χ0n) is 15.5. The van der Waals surface area contributed by atoms with E-state index in [0.29, 0.717) is 6.54 Å². The standard InChI is InChI=1S/C19H25N3O3S/c1-14(18(23)21-13-15-6-5-11-20-12-15)22-26(24,25)17-9-7-16(8-10-17)19(2,3)4/h5-12,14,22H,13H2,1-4H3,(H,21,23)/t14-/m0/s1. The van der Waals surface area contributed by atoms with E-state index >= 15 is 0 Å². The minimum Gasteiger partial charge on any atom is -0.351 e. The third kappa shape index (κ3) is 5.37. The minimum absolute atomic E-state index is 0.0603. The lowest BCUT2D eigenvalue weighted by Crippen LogP contribution is -2.44. The highest BCUT2D eigenvalue weighted by molar-refractivity contribution is 7.89. The average molecular weight is 375 g/mol. The summed E-state index contributed by atoms with van der Waals surface area (Å²) in [6, 6.07) is 9.42. The van der Waals surface area contributed by atoms with E-state index in [1.807, 2.05) is 6.07 Å². The van der Waals surface area contributed by atoms with Gasteiger partial charge in [-0.25, -0.2) is 8.42 Å². The molecule has 0 radical (unpaired) electrons. The third-order valence-electron chi connectivity index (χ3n) is 3.95. The molecule has 0 saturated heterocycles. The second-order valence-electron chi connectivity index (χ2n) is 7.20. The predicted molar refractivity (Wildman–Crippen MR) is 101 cm³/mol. The molecule has 7 heteroatoms. The van der Waals surface area contributed by atoms with Crippen molar-refractivity contribution in [3.63, 3.8) is 0 Å². The summed E-state index contributed by atoms with van der Waals surface area (Å²) in [7, 11) is -3.77. The van der Waals surface area contributed by atoms with Crippen LogP contribution in [0.2, 0.25) is 0 Å². The van der Waals surface area contributed by atoms with Crippen molar-refractivity contribution in [1.29, 1.82) is 0 Å². The number of aromatic nitrogens is 1. The fourth-order valence-corrected chi connectivity index (χ4v) is 3.54. The van der Waals surface area contributed by atoms with Gasteiger partial charge in [0.15, 0.2) is 0 Å². The Morgan fingerprint density at radius 1 is 1.15 bits per heavy atom. The molecule has 140 valence electrons. The average Bonchev–Trinajstić information content (AvgIpc) is 2.59. The highest BCUT2D eigenvalue weighted by atomic mass is 32.2. The first kappa shape index (κ1) is 20.1. The molecule has 6 nitrogen and oxygen atoms in total. The molecule has 0 spiro atoms. The first-order chi connectivity index (χ1) is 12.1. The molecule has 2 N–H and O–H groups in total. The van der Waals surface area contributed by atoms with Gasteiger partial charge in [-0.1, -0.05) is 39.0 Å². The molecule has 1 aromatic carbocycles. The molecule has 0 unspecified atom stereocenters. The number of rotatable bonds is 6. The number of carbonyl (C=O) groups excluding carboxylic acids is 1. The minimum atomic E-state index is -3.77. The summed E-state index contributed by atoms with van der Waals surface area (Å²) in [5, 5.41) is 2.70. The van der Waals surface area contributed by atoms with Crippen LogP contribution in [0.25, 0.3) is 0 Å². The van der Waals surface area contributed by atoms with Crippen LogP contribution in [0.5, 0.6) is 0 Å². The molecule has 1 heterocycles. The molecule has 2 rings (SSSR count). The Morgan fingerprint density at radius 2 is 1.81 bits per heavy atom. The molecule has 0 saturated carbocycles. The molecule has 0 fully saturated rings. The summed E-state index contributed by atoms with van der Waals surface area (Å²) < 4.78 is 27.4. The Labute approximate surface area is 155 Å². The van der Waals surface area contributed by atoms with Gasteiger partial charge in [0, 0.05) is 18.9 Å². The van der Waals surface area contributed by atoms with E-state index in [1.165, 1.54) is 6.92 Å². The van der Waals surface area contributed by atoms with Gasteiger partial charge < -0.3 is 5.32 Å². The van der Waals surface area contributed by atoms with Crippen LogP contribution in [0.4, 0.5) is 0 Å². The summed E-state index contributed by atoms with van der Waals surface area (Å²) in [4.78, 5) is 16.3. The number of hydrogen-bond donors (Lipinski definition) is 2. The SMILES string of the molecule is C[C@H](NS(=O)(=O)c1ccc(C(C)(C)C)cc1)C(=O)NCc1cccnc1. The van der Waals surface area contributed by atoms with Gasteiger partial charge >= 0.3 is 0 Å². The summed E-state index contributed by atoms with van der Waals surface area (Å²) in [5.74, 6) is -0.399. The maximum absolute atomic E-state index is 12.5. The maximum atomic E-state index is 12.5. The Kier molecular flexibility index (Phi) is 6.15. The fourth-order valence-electron chi connectivity index (χ4n) is 2.33. The number of nitrogens with one attached hydrogen (secondary N) is 2. The number of carbonyl (C=O) groups is 1. The monoisotopic (exact) mass is 375 g/mol. The lowest BCUT2D eigenvalue weighted by molar-refractivity contribution is -0.122. The summed E-state index contributed by atoms with van der Waals surface area (Å²) in [6.45, 7) is 7.98. The van der Waals surface area contributed by atoms with Crippen LogP contribution >= 0.6 is 0 Å². The van der Waals surface area contributed by atoms with E-state index < -0.39 is 22.0 Å². The van der Waals surface area contributed by atoms with Gasteiger partial charge in [0.05, 0.1) is 10.9 Å². The van der Waals surface area contributed by atoms with Crippen LogP contribution in [-0.4, -0.2) is 25.4 Å². The maximum Gasteiger partial charge on any atom is 0.241 e. The van der Waals surface area contributed by atoms with Gasteiger partial charge in [0.25, 0.3) is 0 Å². The largest absolute Gasteiger partial charge is 0.351 e. The fraction of sp³-hybridized carbons (Fsp3) is 0.368. The highest BCUT2D eigenvalue weighted by Crippen LogP contribution is 2.23. The molecule has 1 amide bonds. The Hall–Kier alpha value is -2.25. The topological polar surface area (TPSA) is 88.2 Å². The van der Waals surface area contributed by atoms with Crippen molar-refractivity contribution in [2.24, 2.45) is 0 Å². The van der Waals surface area contributed by atoms with Gasteiger partial charge in [-0.3, -0.25) is 9.78 Å². The van der Waals surface area contributed by atoms with Crippen molar-refractivity contribution in [2.45, 2.75) is 50.6 Å². The number of pyridine rings is 1. The quantitative estimate of drug-likeness (QED) is 0.811. The van der Waals surface area contributed by atoms with Crippen molar-refractivity contribution < 1.29 is 13.2 Å². The van der Waals surface area contributed by atoms with Crippen LogP contribution in [0.1, 0.15) is 38.8 Å². The van der Waals surface area contributed by atoms with Crippen molar-refractivity contribution in [3.05, 3.63) is 59.9 Å². The van der Waals surface area contributed by atoms with Crippen LogP contribution in [-0.2, 0) is 26.8 Å². The highest BCUT2D eigenvalue weighted by Gasteiger charge is 2.22. The Morgan fingerprint density at radius 3 is 2.35 bits per heavy atom. The molecule has 1 atom stereocenters. The number of benzene rings is 1. The first-order valence-corrected chi connectivity index (χ1v) is 9.87. The van der Waals surface area contributed by atoms with Gasteiger partial charge in [-0.2, -0.15) is 4.72 Å². The van der Waals surface area contributed by atoms with Crippen LogP contribution in [0.3, 0.4) is 0 Å². The Bertz CT molecular complexity index is 842. The molecule has 0 aliphatic rings. The van der Waals surface area contributed by atoms with Gasteiger partial charge in [0.1, 0.15) is 0 Å². The van der Waals surface area contributed by atoms with E-state index in [1.54, 1.807) is 42.7 Å². The van der Waals surface area contributed by atoms with Crippen molar-refractivity contribution in [1.82, 2.24) is 15.0 Å². The predicted octanol–water partition coefficient (Wildman–Crippen LogP) is 2.36. The molecule has 2 aromatic rings. The smallest absolute Gasteiger partial charge is 0.241 e. The number of hydrogen-bond acceptors (Lipinski definition) is 4. The van der Waals surface area contributed by atoms with Crippen molar-refractivity contribution in [3.8, 4) is 0 Å². The Balaban J connectivity index is 2.00. The second kappa shape index (κ2) is 7.97. The first-order valence-electron chi connectivity index (χ1n) is 8.39.